The van der Waals surface area contributed by atoms with E-state index in [4.69, 9.17) is 4.74 Å². The van der Waals surface area contributed by atoms with E-state index in [0.717, 1.165) is 62.4 Å². The number of fused-ring (bicyclic) bond motifs is 2. The van der Waals surface area contributed by atoms with E-state index in [0.29, 0.717) is 0 Å². The molecule has 0 saturated heterocycles. The summed E-state index contributed by atoms with van der Waals surface area (Å²) < 4.78 is 5.76. The van der Waals surface area contributed by atoms with E-state index in [1.165, 1.54) is 11.1 Å². The average molecular weight is 677 g/mol. The zero-order chi connectivity index (χ0) is 35.5. The summed E-state index contributed by atoms with van der Waals surface area (Å²) in [7, 11) is 1.78. The number of nitrogens with zero attached hydrogens (tertiary/aromatic N) is 2. The number of hydrogen-bond donors (Lipinski definition) is 1. The van der Waals surface area contributed by atoms with E-state index in [1.54, 1.807) is 19.2 Å². The monoisotopic (exact) mass is 676 g/mol. The minimum Gasteiger partial charge on any atom is -0.508 e. The molecule has 0 bridgehead atoms. The summed E-state index contributed by atoms with van der Waals surface area (Å²) in [4.78, 5) is 4.56. The highest BCUT2D eigenvalue weighted by Gasteiger charge is 2.26. The average Bonchev–Trinajstić information content (AvgIpc) is 3.19. The van der Waals surface area contributed by atoms with Crippen LogP contribution in [0.2, 0.25) is 0 Å². The van der Waals surface area contributed by atoms with Gasteiger partial charge in [0.1, 0.15) is 5.75 Å². The summed E-state index contributed by atoms with van der Waals surface area (Å²) in [6.45, 7) is 2.13. The Morgan fingerprint density at radius 2 is 1.02 bits per heavy atom. The molecule has 0 heterocycles. The van der Waals surface area contributed by atoms with Gasteiger partial charge in [0.05, 0.1) is 5.60 Å². The molecular formula is C48H40N2O2. The van der Waals surface area contributed by atoms with Gasteiger partial charge >= 0.3 is 0 Å². The van der Waals surface area contributed by atoms with Gasteiger partial charge in [-0.1, -0.05) is 103 Å². The van der Waals surface area contributed by atoms with Crippen molar-refractivity contribution >= 4 is 63.1 Å². The Labute approximate surface area is 305 Å². The lowest BCUT2D eigenvalue weighted by Crippen LogP contribution is -2.29. The second-order valence-electron chi connectivity index (χ2n) is 13.5. The van der Waals surface area contributed by atoms with Crippen LogP contribution in [0.15, 0.2) is 170 Å². The van der Waals surface area contributed by atoms with Gasteiger partial charge in [0, 0.05) is 47.7 Å². The van der Waals surface area contributed by atoms with Gasteiger partial charge in [0.25, 0.3) is 0 Å². The number of phenols is 1. The van der Waals surface area contributed by atoms with E-state index in [9.17, 15) is 5.11 Å². The topological polar surface area (TPSA) is 35.9 Å². The van der Waals surface area contributed by atoms with Crippen molar-refractivity contribution in [3.8, 4) is 5.75 Å². The normalized spacial score (nSPS) is 15.1. The first kappa shape index (κ1) is 32.8. The zero-order valence-corrected chi connectivity index (χ0v) is 29.4. The van der Waals surface area contributed by atoms with Crippen molar-refractivity contribution in [1.29, 1.82) is 0 Å². The van der Waals surface area contributed by atoms with Gasteiger partial charge in [0.15, 0.2) is 0 Å². The summed E-state index contributed by atoms with van der Waals surface area (Å²) in [6.07, 6.45) is 9.53. The third kappa shape index (κ3) is 6.85. The standard InChI is InChI=1S/C48H40N2O2/c1-48(52-2)30-29-39-32-46(27-20-40(39)34-48)50(42-11-7-4-8-12-42)44-24-17-36(18-25-44)14-13-35-15-22-43(23-16-35)49(41-9-5-3-6-10-41)45-26-19-38-33-47(51)28-21-37(38)31-45/h3-33,51H,34H2,1-2H3/b14-13+. The molecule has 7 aromatic rings. The Morgan fingerprint density at radius 1 is 0.538 bits per heavy atom. The molecule has 0 fully saturated rings. The molecule has 0 radical (unpaired) electrons. The number of methoxy groups -OCH3 is 1. The van der Waals surface area contributed by atoms with Crippen LogP contribution in [-0.2, 0) is 11.2 Å². The second-order valence-corrected chi connectivity index (χ2v) is 13.5. The molecule has 8 rings (SSSR count). The first-order chi connectivity index (χ1) is 25.4. The third-order valence-electron chi connectivity index (χ3n) is 9.88. The van der Waals surface area contributed by atoms with Crippen molar-refractivity contribution in [3.63, 3.8) is 0 Å². The summed E-state index contributed by atoms with van der Waals surface area (Å²) >= 11 is 0. The molecule has 1 atom stereocenters. The Hall–Kier alpha value is -6.36. The summed E-state index contributed by atoms with van der Waals surface area (Å²) in [5, 5.41) is 12.0. The van der Waals surface area contributed by atoms with Crippen LogP contribution in [0.3, 0.4) is 0 Å². The highest BCUT2D eigenvalue weighted by molar-refractivity contribution is 5.90. The number of para-hydroxylation sites is 2. The van der Waals surface area contributed by atoms with Crippen molar-refractivity contribution in [2.24, 2.45) is 0 Å². The molecule has 4 heteroatoms. The minimum atomic E-state index is -0.271. The molecule has 1 aliphatic rings. The van der Waals surface area contributed by atoms with E-state index >= 15 is 0 Å². The third-order valence-corrected chi connectivity index (χ3v) is 9.88. The van der Waals surface area contributed by atoms with Crippen LogP contribution in [0, 0.1) is 0 Å². The molecular weight excluding hydrogens is 637 g/mol. The van der Waals surface area contributed by atoms with Crippen LogP contribution >= 0.6 is 0 Å². The maximum atomic E-state index is 9.96. The van der Waals surface area contributed by atoms with Gasteiger partial charge in [-0.25, -0.2) is 0 Å². The van der Waals surface area contributed by atoms with Gasteiger partial charge < -0.3 is 19.6 Å². The van der Waals surface area contributed by atoms with Crippen molar-refractivity contribution in [2.45, 2.75) is 18.9 Å². The molecule has 7 aromatic carbocycles. The van der Waals surface area contributed by atoms with Gasteiger partial charge in [0.2, 0.25) is 0 Å². The summed E-state index contributed by atoms with van der Waals surface area (Å²) in [5.41, 5.74) is 11.0. The fraction of sp³-hybridized carbons (Fsp3) is 0.0833. The lowest BCUT2D eigenvalue weighted by molar-refractivity contribution is 0.0488. The number of aromatic hydroxyl groups is 1. The molecule has 0 spiro atoms. The molecule has 52 heavy (non-hydrogen) atoms. The Balaban J connectivity index is 1.04. The minimum absolute atomic E-state index is 0.271. The zero-order valence-electron chi connectivity index (χ0n) is 29.4. The number of anilines is 6. The largest absolute Gasteiger partial charge is 0.508 e. The van der Waals surface area contributed by atoms with Gasteiger partial charge in [-0.15, -0.1) is 0 Å². The summed E-state index contributed by atoms with van der Waals surface area (Å²) in [6, 6.07) is 56.8. The van der Waals surface area contributed by atoms with Crippen LogP contribution in [0.4, 0.5) is 34.1 Å². The first-order valence-corrected chi connectivity index (χ1v) is 17.6. The molecule has 1 aliphatic carbocycles. The van der Waals surface area contributed by atoms with Crippen LogP contribution < -0.4 is 9.80 Å². The lowest BCUT2D eigenvalue weighted by Gasteiger charge is -2.31. The maximum absolute atomic E-state index is 9.96. The molecule has 0 saturated carbocycles. The van der Waals surface area contributed by atoms with E-state index in [1.807, 2.05) is 12.1 Å². The van der Waals surface area contributed by atoms with Crippen molar-refractivity contribution in [3.05, 3.63) is 192 Å². The predicted octanol–water partition coefficient (Wildman–Crippen LogP) is 12.6. The van der Waals surface area contributed by atoms with Crippen molar-refractivity contribution < 1.29 is 9.84 Å². The van der Waals surface area contributed by atoms with Gasteiger partial charge in [-0.3, -0.25) is 0 Å². The number of ether oxygens (including phenoxy) is 1. The molecule has 1 N–H and O–H groups in total. The fourth-order valence-electron chi connectivity index (χ4n) is 6.95. The predicted molar refractivity (Wildman–Crippen MR) is 219 cm³/mol. The Kier molecular flexibility index (Phi) is 8.90. The van der Waals surface area contributed by atoms with Crippen LogP contribution in [0.5, 0.6) is 5.75 Å². The molecule has 0 amide bonds. The highest BCUT2D eigenvalue weighted by Crippen LogP contribution is 2.39. The van der Waals surface area contributed by atoms with Crippen molar-refractivity contribution in [1.82, 2.24) is 0 Å². The molecule has 254 valence electrons. The van der Waals surface area contributed by atoms with Crippen LogP contribution in [0.25, 0.3) is 29.0 Å². The number of hydrogen-bond acceptors (Lipinski definition) is 4. The maximum Gasteiger partial charge on any atom is 0.116 e. The first-order valence-electron chi connectivity index (χ1n) is 17.6. The highest BCUT2D eigenvalue weighted by atomic mass is 16.5. The Bertz CT molecular complexity index is 2380. The quantitative estimate of drug-likeness (QED) is 0.154. The Morgan fingerprint density at radius 3 is 1.60 bits per heavy atom. The number of benzene rings is 7. The van der Waals surface area contributed by atoms with Gasteiger partial charge in [-0.2, -0.15) is 0 Å². The lowest BCUT2D eigenvalue weighted by atomic mass is 9.87. The van der Waals surface area contributed by atoms with Crippen LogP contribution in [-0.4, -0.2) is 17.8 Å². The van der Waals surface area contributed by atoms with Gasteiger partial charge in [-0.05, 0) is 125 Å². The second kappa shape index (κ2) is 14.1. The number of phenolic OH excluding ortho intramolecular Hbond substituents is 1. The molecule has 4 nitrogen and oxygen atoms in total. The smallest absolute Gasteiger partial charge is 0.116 e. The van der Waals surface area contributed by atoms with E-state index < -0.39 is 0 Å². The van der Waals surface area contributed by atoms with E-state index in [-0.39, 0.29) is 11.4 Å². The molecule has 0 aromatic heterocycles. The fourth-order valence-corrected chi connectivity index (χ4v) is 6.95. The molecule has 1 unspecified atom stereocenters. The SMILES string of the molecule is COC1(C)C=Cc2cc(N(c3ccccc3)c3ccc(/C=C/c4ccc(N(c5ccccc5)c5ccc6cc(O)ccc6c5)cc4)cc3)ccc2C1. The van der Waals surface area contributed by atoms with E-state index in [2.05, 4.69) is 181 Å². The molecule has 0 aliphatic heterocycles. The van der Waals surface area contributed by atoms with Crippen molar-refractivity contribution in [2.75, 3.05) is 16.9 Å². The summed E-state index contributed by atoms with van der Waals surface area (Å²) in [5.74, 6) is 0.271. The number of rotatable bonds is 9. The van der Waals surface area contributed by atoms with Crippen LogP contribution in [0.1, 0.15) is 29.2 Å².